The first kappa shape index (κ1) is 19.2. The molecule has 1 heterocycles. The Kier molecular flexibility index (Phi) is 5.04. The molecule has 0 spiro atoms. The average molecular weight is 447 g/mol. The van der Waals surface area contributed by atoms with Gasteiger partial charge in [0.05, 0.1) is 31.3 Å². The zero-order valence-electron chi connectivity index (χ0n) is 16.1. The molecule has 2 bridgehead atoms. The highest BCUT2D eigenvalue weighted by Gasteiger charge is 2.59. The SMILES string of the molecule is CC[C@@H](C)Oc1c(C=NN2C(=O)[C@@H]3[C@H](C2=O)[C@H]2C=C[C@H]3C2)cc(Br)cc1OC. The molecule has 1 aromatic rings. The van der Waals surface area contributed by atoms with Gasteiger partial charge in [0, 0.05) is 10.0 Å². The second-order valence-electron chi connectivity index (χ2n) is 7.60. The first-order valence-electron chi connectivity index (χ1n) is 9.58. The molecule has 2 amide bonds. The maximum Gasteiger partial charge on any atom is 0.254 e. The molecule has 1 aliphatic heterocycles. The fourth-order valence-electron chi connectivity index (χ4n) is 4.37. The molecule has 1 saturated carbocycles. The molecule has 2 fully saturated rings. The van der Waals surface area contributed by atoms with Gasteiger partial charge in [-0.05, 0) is 43.7 Å². The van der Waals surface area contributed by atoms with Crippen molar-refractivity contribution in [2.75, 3.05) is 7.11 Å². The number of fused-ring (bicyclic) bond motifs is 5. The molecule has 5 atom stereocenters. The second-order valence-corrected chi connectivity index (χ2v) is 8.51. The van der Waals surface area contributed by atoms with Crippen LogP contribution in [0.15, 0.2) is 33.9 Å². The topological polar surface area (TPSA) is 68.2 Å². The van der Waals surface area contributed by atoms with Crippen LogP contribution in [-0.4, -0.2) is 36.3 Å². The summed E-state index contributed by atoms with van der Waals surface area (Å²) in [6, 6.07) is 3.65. The predicted molar refractivity (Wildman–Crippen MR) is 108 cm³/mol. The molecule has 4 rings (SSSR count). The van der Waals surface area contributed by atoms with Crippen LogP contribution in [0.25, 0.3) is 0 Å². The number of benzene rings is 1. The molecular formula is C21H23BrN2O4. The van der Waals surface area contributed by atoms with Crippen molar-refractivity contribution in [1.29, 1.82) is 0 Å². The summed E-state index contributed by atoms with van der Waals surface area (Å²) in [6.07, 6.45) is 7.37. The summed E-state index contributed by atoms with van der Waals surface area (Å²) in [6.45, 7) is 4.01. The third-order valence-corrected chi connectivity index (χ3v) is 6.38. The molecule has 2 aliphatic carbocycles. The zero-order chi connectivity index (χ0) is 20.0. The standard InChI is InChI=1S/C21H23BrN2O4/c1-4-11(2)28-19-14(8-15(22)9-16(19)27-3)10-23-24-20(25)17-12-5-6-13(7-12)18(17)21(24)26/h5-6,8-13,17-18H,4,7H2,1-3H3/t11-,12+,13+,17-,18+/m1/s1. The van der Waals surface area contributed by atoms with Crippen LogP contribution < -0.4 is 9.47 Å². The largest absolute Gasteiger partial charge is 0.493 e. The number of carbonyl (C=O) groups excluding carboxylic acids is 2. The molecule has 0 unspecified atom stereocenters. The number of hydrogen-bond acceptors (Lipinski definition) is 5. The fourth-order valence-corrected chi connectivity index (χ4v) is 4.82. The summed E-state index contributed by atoms with van der Waals surface area (Å²) in [5.41, 5.74) is 0.644. The molecule has 1 saturated heterocycles. The van der Waals surface area contributed by atoms with Crippen LogP contribution in [0.3, 0.4) is 0 Å². The molecule has 0 N–H and O–H groups in total. The van der Waals surface area contributed by atoms with Crippen LogP contribution in [0.2, 0.25) is 0 Å². The molecule has 148 valence electrons. The number of imide groups is 1. The van der Waals surface area contributed by atoms with E-state index in [1.807, 2.05) is 26.0 Å². The van der Waals surface area contributed by atoms with E-state index in [9.17, 15) is 9.59 Å². The van der Waals surface area contributed by atoms with Crippen LogP contribution in [-0.2, 0) is 9.59 Å². The van der Waals surface area contributed by atoms with Gasteiger partial charge >= 0.3 is 0 Å². The number of rotatable bonds is 6. The maximum absolute atomic E-state index is 12.8. The van der Waals surface area contributed by atoms with Crippen LogP contribution in [0, 0.1) is 23.7 Å². The molecule has 7 heteroatoms. The molecule has 6 nitrogen and oxygen atoms in total. The van der Waals surface area contributed by atoms with Gasteiger partial charge < -0.3 is 9.47 Å². The Hall–Kier alpha value is -2.15. The lowest BCUT2D eigenvalue weighted by Gasteiger charge is -2.18. The monoisotopic (exact) mass is 446 g/mol. The van der Waals surface area contributed by atoms with E-state index < -0.39 is 0 Å². The summed E-state index contributed by atoms with van der Waals surface area (Å²) >= 11 is 3.46. The first-order valence-corrected chi connectivity index (χ1v) is 10.4. The quantitative estimate of drug-likeness (QED) is 0.378. The summed E-state index contributed by atoms with van der Waals surface area (Å²) in [4.78, 5) is 25.6. The highest BCUT2D eigenvalue weighted by molar-refractivity contribution is 9.10. The van der Waals surface area contributed by atoms with Gasteiger partial charge in [0.1, 0.15) is 0 Å². The molecule has 0 radical (unpaired) electrons. The van der Waals surface area contributed by atoms with E-state index in [0.29, 0.717) is 17.1 Å². The predicted octanol–water partition coefficient (Wildman–Crippen LogP) is 3.78. The Labute approximate surface area is 172 Å². The summed E-state index contributed by atoms with van der Waals surface area (Å²) in [7, 11) is 1.57. The van der Waals surface area contributed by atoms with Crippen LogP contribution in [0.5, 0.6) is 11.5 Å². The van der Waals surface area contributed by atoms with Gasteiger partial charge in [-0.2, -0.15) is 10.1 Å². The normalized spacial score (nSPS) is 29.1. The van der Waals surface area contributed by atoms with Crippen molar-refractivity contribution in [3.8, 4) is 11.5 Å². The minimum Gasteiger partial charge on any atom is -0.493 e. The number of hydrazone groups is 1. The maximum atomic E-state index is 12.8. The number of halogens is 1. The van der Waals surface area contributed by atoms with Gasteiger partial charge in [0.25, 0.3) is 11.8 Å². The minimum absolute atomic E-state index is 0.0154. The van der Waals surface area contributed by atoms with E-state index in [0.717, 1.165) is 22.3 Å². The van der Waals surface area contributed by atoms with E-state index in [1.165, 1.54) is 6.21 Å². The average Bonchev–Trinajstić information content (AvgIpc) is 3.36. The molecule has 28 heavy (non-hydrogen) atoms. The van der Waals surface area contributed by atoms with Gasteiger partial charge in [-0.1, -0.05) is 35.0 Å². The summed E-state index contributed by atoms with van der Waals surface area (Å²) in [5.74, 6) is 0.534. The van der Waals surface area contributed by atoms with Crippen molar-refractivity contribution in [1.82, 2.24) is 5.01 Å². The zero-order valence-corrected chi connectivity index (χ0v) is 17.7. The van der Waals surface area contributed by atoms with E-state index in [1.54, 1.807) is 7.11 Å². The lowest BCUT2D eigenvalue weighted by Crippen LogP contribution is -2.28. The van der Waals surface area contributed by atoms with Crippen molar-refractivity contribution in [2.45, 2.75) is 32.8 Å². The Morgan fingerprint density at radius 1 is 1.25 bits per heavy atom. The third-order valence-electron chi connectivity index (χ3n) is 5.92. The van der Waals surface area contributed by atoms with Crippen molar-refractivity contribution < 1.29 is 19.1 Å². The smallest absolute Gasteiger partial charge is 0.254 e. The highest BCUT2D eigenvalue weighted by Crippen LogP contribution is 2.52. The van der Waals surface area contributed by atoms with Crippen LogP contribution in [0.1, 0.15) is 32.3 Å². The lowest BCUT2D eigenvalue weighted by molar-refractivity contribution is -0.140. The van der Waals surface area contributed by atoms with Crippen molar-refractivity contribution in [3.63, 3.8) is 0 Å². The first-order chi connectivity index (χ1) is 13.4. The summed E-state index contributed by atoms with van der Waals surface area (Å²) < 4.78 is 12.3. The van der Waals surface area contributed by atoms with Crippen LogP contribution >= 0.6 is 15.9 Å². The fraction of sp³-hybridized carbons (Fsp3) is 0.476. The molecular weight excluding hydrogens is 424 g/mol. The number of carbonyl (C=O) groups is 2. The van der Waals surface area contributed by atoms with Gasteiger partial charge in [-0.15, -0.1) is 0 Å². The van der Waals surface area contributed by atoms with Gasteiger partial charge in [0.2, 0.25) is 0 Å². The number of allylic oxidation sites excluding steroid dienone is 2. The van der Waals surface area contributed by atoms with Crippen molar-refractivity contribution in [2.24, 2.45) is 28.8 Å². The van der Waals surface area contributed by atoms with Crippen molar-refractivity contribution >= 4 is 34.0 Å². The Balaban J connectivity index is 1.64. The van der Waals surface area contributed by atoms with Gasteiger partial charge in [0.15, 0.2) is 11.5 Å². The minimum atomic E-state index is -0.257. The lowest BCUT2D eigenvalue weighted by atomic mass is 9.85. The number of amides is 2. The second kappa shape index (κ2) is 7.35. The number of ether oxygens (including phenoxy) is 2. The number of methoxy groups -OCH3 is 1. The van der Waals surface area contributed by atoms with E-state index in [-0.39, 0.29) is 41.6 Å². The number of hydrogen-bond donors (Lipinski definition) is 0. The van der Waals surface area contributed by atoms with Gasteiger partial charge in [-0.25, -0.2) is 0 Å². The van der Waals surface area contributed by atoms with Crippen LogP contribution in [0.4, 0.5) is 0 Å². The van der Waals surface area contributed by atoms with E-state index in [2.05, 4.69) is 33.2 Å². The molecule has 1 aromatic carbocycles. The molecule has 0 aromatic heterocycles. The van der Waals surface area contributed by atoms with E-state index in [4.69, 9.17) is 9.47 Å². The van der Waals surface area contributed by atoms with E-state index >= 15 is 0 Å². The third kappa shape index (κ3) is 3.05. The van der Waals surface area contributed by atoms with Gasteiger partial charge in [-0.3, -0.25) is 9.59 Å². The van der Waals surface area contributed by atoms with Crippen molar-refractivity contribution in [3.05, 3.63) is 34.3 Å². The Morgan fingerprint density at radius 3 is 2.46 bits per heavy atom. The Morgan fingerprint density at radius 2 is 1.89 bits per heavy atom. The highest BCUT2D eigenvalue weighted by atomic mass is 79.9. The molecule has 3 aliphatic rings. The number of nitrogens with zero attached hydrogens (tertiary/aromatic N) is 2. The summed E-state index contributed by atoms with van der Waals surface area (Å²) in [5, 5.41) is 5.31. The Bertz CT molecular complexity index is 851.